The fourth-order valence-corrected chi connectivity index (χ4v) is 2.20. The van der Waals surface area contributed by atoms with E-state index in [1.54, 1.807) is 47.6 Å². The summed E-state index contributed by atoms with van der Waals surface area (Å²) in [6.07, 6.45) is 1.78. The molecule has 6 nitrogen and oxygen atoms in total. The number of rotatable bonds is 8. The second kappa shape index (κ2) is 8.76. The molecule has 0 bridgehead atoms. The molecule has 0 spiro atoms. The quantitative estimate of drug-likeness (QED) is 0.807. The third-order valence-corrected chi connectivity index (χ3v) is 3.43. The van der Waals surface area contributed by atoms with Crippen molar-refractivity contribution in [2.75, 3.05) is 18.5 Å². The van der Waals surface area contributed by atoms with E-state index in [1.165, 1.54) is 6.92 Å². The monoisotopic (exact) mass is 330 g/mol. The van der Waals surface area contributed by atoms with Gasteiger partial charge in [-0.2, -0.15) is 0 Å². The van der Waals surface area contributed by atoms with Gasteiger partial charge in [0.15, 0.2) is 0 Å². The smallest absolute Gasteiger partial charge is 0.226 e. The van der Waals surface area contributed by atoms with Gasteiger partial charge in [-0.3, -0.25) is 9.59 Å². The first kappa shape index (κ1) is 17.6. The lowest BCUT2D eigenvalue weighted by atomic mass is 10.2. The van der Waals surface area contributed by atoms with E-state index in [0.29, 0.717) is 31.1 Å². The van der Waals surface area contributed by atoms with Crippen LogP contribution in [0.1, 0.15) is 26.0 Å². The number of furan rings is 1. The highest BCUT2D eigenvalue weighted by Crippen LogP contribution is 2.16. The Hall–Kier alpha value is -2.76. The number of hydrogen-bond donors (Lipinski definition) is 1. The van der Waals surface area contributed by atoms with Crippen molar-refractivity contribution in [1.29, 1.82) is 0 Å². The molecule has 0 fully saturated rings. The normalized spacial score (nSPS) is 10.2. The Balaban J connectivity index is 1.83. The summed E-state index contributed by atoms with van der Waals surface area (Å²) >= 11 is 0. The minimum atomic E-state index is -0.148. The van der Waals surface area contributed by atoms with E-state index >= 15 is 0 Å². The number of nitrogens with one attached hydrogen (secondary N) is 1. The zero-order valence-electron chi connectivity index (χ0n) is 14.0. The summed E-state index contributed by atoms with van der Waals surface area (Å²) in [7, 11) is 0. The van der Waals surface area contributed by atoms with Gasteiger partial charge in [0.05, 0.1) is 19.4 Å². The van der Waals surface area contributed by atoms with E-state index in [9.17, 15) is 9.59 Å². The summed E-state index contributed by atoms with van der Waals surface area (Å²) in [6.45, 7) is 4.69. The Bertz CT molecular complexity index is 650. The van der Waals surface area contributed by atoms with Crippen LogP contribution in [0.2, 0.25) is 0 Å². The summed E-state index contributed by atoms with van der Waals surface area (Å²) < 4.78 is 10.6. The van der Waals surface area contributed by atoms with Gasteiger partial charge in [-0.15, -0.1) is 0 Å². The standard InChI is InChI=1S/C18H22N2O4/c1-3-23-16-8-6-15(7-9-16)19-18(22)10-11-20(14(2)21)13-17-5-4-12-24-17/h4-9,12H,3,10-11,13H2,1-2H3,(H,19,22). The number of nitrogens with zero attached hydrogens (tertiary/aromatic N) is 1. The zero-order chi connectivity index (χ0) is 17.4. The van der Waals surface area contributed by atoms with Crippen LogP contribution in [-0.2, 0) is 16.1 Å². The first-order valence-electron chi connectivity index (χ1n) is 7.89. The summed E-state index contributed by atoms with van der Waals surface area (Å²) in [5.41, 5.74) is 0.698. The maximum absolute atomic E-state index is 12.0. The van der Waals surface area contributed by atoms with Gasteiger partial charge in [0.25, 0.3) is 0 Å². The molecule has 0 saturated heterocycles. The lowest BCUT2D eigenvalue weighted by molar-refractivity contribution is -0.130. The van der Waals surface area contributed by atoms with E-state index in [1.807, 2.05) is 6.92 Å². The maximum atomic E-state index is 12.0. The van der Waals surface area contributed by atoms with Crippen LogP contribution in [0.15, 0.2) is 47.1 Å². The fraction of sp³-hybridized carbons (Fsp3) is 0.333. The molecule has 2 aromatic rings. The molecule has 24 heavy (non-hydrogen) atoms. The lowest BCUT2D eigenvalue weighted by Gasteiger charge is -2.19. The van der Waals surface area contributed by atoms with E-state index in [0.717, 1.165) is 5.75 Å². The molecule has 0 atom stereocenters. The molecule has 0 saturated carbocycles. The molecular weight excluding hydrogens is 308 g/mol. The van der Waals surface area contributed by atoms with Gasteiger partial charge >= 0.3 is 0 Å². The highest BCUT2D eigenvalue weighted by Gasteiger charge is 2.13. The average Bonchev–Trinajstić information content (AvgIpc) is 3.06. The average molecular weight is 330 g/mol. The SMILES string of the molecule is CCOc1ccc(NC(=O)CCN(Cc2ccco2)C(C)=O)cc1. The molecule has 1 heterocycles. The minimum Gasteiger partial charge on any atom is -0.494 e. The molecule has 128 valence electrons. The largest absolute Gasteiger partial charge is 0.494 e. The number of amides is 2. The molecule has 1 aromatic carbocycles. The number of hydrogen-bond acceptors (Lipinski definition) is 4. The Labute approximate surface area is 141 Å². The topological polar surface area (TPSA) is 71.8 Å². The van der Waals surface area contributed by atoms with Crippen LogP contribution in [0.25, 0.3) is 0 Å². The van der Waals surface area contributed by atoms with E-state index < -0.39 is 0 Å². The van der Waals surface area contributed by atoms with Crippen LogP contribution in [-0.4, -0.2) is 29.9 Å². The Morgan fingerprint density at radius 2 is 1.96 bits per heavy atom. The fourth-order valence-electron chi connectivity index (χ4n) is 2.20. The second-order valence-corrected chi connectivity index (χ2v) is 5.28. The number of anilines is 1. The highest BCUT2D eigenvalue weighted by molar-refractivity contribution is 5.91. The van der Waals surface area contributed by atoms with Crippen molar-refractivity contribution in [3.05, 3.63) is 48.4 Å². The molecule has 2 rings (SSSR count). The van der Waals surface area contributed by atoms with E-state index in [-0.39, 0.29) is 18.2 Å². The van der Waals surface area contributed by atoms with Crippen molar-refractivity contribution in [1.82, 2.24) is 4.90 Å². The molecule has 0 aliphatic heterocycles. The van der Waals surface area contributed by atoms with Crippen LogP contribution in [0.4, 0.5) is 5.69 Å². The predicted molar refractivity (Wildman–Crippen MR) is 90.7 cm³/mol. The third-order valence-electron chi connectivity index (χ3n) is 3.43. The van der Waals surface area contributed by atoms with Crippen LogP contribution >= 0.6 is 0 Å². The van der Waals surface area contributed by atoms with Gasteiger partial charge in [0.2, 0.25) is 11.8 Å². The molecule has 0 radical (unpaired) electrons. The van der Waals surface area contributed by atoms with Crippen molar-refractivity contribution >= 4 is 17.5 Å². The summed E-state index contributed by atoms with van der Waals surface area (Å²) in [5, 5.41) is 2.81. The number of carbonyl (C=O) groups is 2. The van der Waals surface area contributed by atoms with E-state index in [2.05, 4.69) is 5.32 Å². The zero-order valence-corrected chi connectivity index (χ0v) is 14.0. The van der Waals surface area contributed by atoms with E-state index in [4.69, 9.17) is 9.15 Å². The Morgan fingerprint density at radius 1 is 1.21 bits per heavy atom. The summed E-state index contributed by atoms with van der Waals surface area (Å²) in [5.74, 6) is 1.21. The molecular formula is C18H22N2O4. The molecule has 1 N–H and O–H groups in total. The Kier molecular flexibility index (Phi) is 6.42. The summed E-state index contributed by atoms with van der Waals surface area (Å²) in [6, 6.07) is 10.8. The van der Waals surface area contributed by atoms with Crippen LogP contribution in [0.3, 0.4) is 0 Å². The molecule has 2 amide bonds. The Morgan fingerprint density at radius 3 is 2.54 bits per heavy atom. The van der Waals surface area contributed by atoms with Gasteiger partial charge in [0, 0.05) is 25.6 Å². The first-order chi connectivity index (χ1) is 11.6. The molecule has 0 unspecified atom stereocenters. The molecule has 6 heteroatoms. The third kappa shape index (κ3) is 5.46. The molecule has 1 aromatic heterocycles. The number of benzene rings is 1. The van der Waals surface area contributed by atoms with Gasteiger partial charge in [-0.1, -0.05) is 0 Å². The molecule has 0 aliphatic carbocycles. The van der Waals surface area contributed by atoms with Crippen LogP contribution < -0.4 is 10.1 Å². The van der Waals surface area contributed by atoms with Crippen molar-refractivity contribution in [2.45, 2.75) is 26.8 Å². The maximum Gasteiger partial charge on any atom is 0.226 e. The lowest BCUT2D eigenvalue weighted by Crippen LogP contribution is -2.31. The van der Waals surface area contributed by atoms with Crippen molar-refractivity contribution < 1.29 is 18.7 Å². The van der Waals surface area contributed by atoms with Gasteiger partial charge < -0.3 is 19.4 Å². The summed E-state index contributed by atoms with van der Waals surface area (Å²) in [4.78, 5) is 25.3. The first-order valence-corrected chi connectivity index (χ1v) is 7.89. The second-order valence-electron chi connectivity index (χ2n) is 5.28. The predicted octanol–water partition coefficient (Wildman–Crippen LogP) is 3.06. The van der Waals surface area contributed by atoms with Crippen LogP contribution in [0.5, 0.6) is 5.75 Å². The minimum absolute atomic E-state index is 0.0970. The highest BCUT2D eigenvalue weighted by atomic mass is 16.5. The van der Waals surface area contributed by atoms with Crippen molar-refractivity contribution in [3.8, 4) is 5.75 Å². The molecule has 0 aliphatic rings. The van der Waals surface area contributed by atoms with Gasteiger partial charge in [-0.05, 0) is 43.3 Å². The van der Waals surface area contributed by atoms with Crippen LogP contribution in [0, 0.1) is 0 Å². The van der Waals surface area contributed by atoms with Gasteiger partial charge in [-0.25, -0.2) is 0 Å². The van der Waals surface area contributed by atoms with Crippen molar-refractivity contribution in [2.24, 2.45) is 0 Å². The number of carbonyl (C=O) groups excluding carboxylic acids is 2. The van der Waals surface area contributed by atoms with Crippen molar-refractivity contribution in [3.63, 3.8) is 0 Å². The van der Waals surface area contributed by atoms with Gasteiger partial charge in [0.1, 0.15) is 11.5 Å². The number of ether oxygens (including phenoxy) is 1.